The SMILES string of the molecule is CC(C)n1nc(N2CCCCC2CNC(=O)c2ccc3nccnc3c2)ccc1=O. The number of rotatable bonds is 5. The molecule has 30 heavy (non-hydrogen) atoms. The Morgan fingerprint density at radius 3 is 2.73 bits per heavy atom. The first-order chi connectivity index (χ1) is 14.5. The molecule has 1 atom stereocenters. The van der Waals surface area contributed by atoms with Crippen molar-refractivity contribution in [3.05, 3.63) is 58.6 Å². The molecule has 3 aromatic rings. The Labute approximate surface area is 175 Å². The number of amides is 1. The predicted octanol–water partition coefficient (Wildman–Crippen LogP) is 2.56. The van der Waals surface area contributed by atoms with Crippen molar-refractivity contribution in [2.75, 3.05) is 18.0 Å². The van der Waals surface area contributed by atoms with Gasteiger partial charge in [0.15, 0.2) is 0 Å². The fourth-order valence-corrected chi connectivity index (χ4v) is 3.87. The molecule has 1 N–H and O–H groups in total. The Hall–Kier alpha value is -3.29. The summed E-state index contributed by atoms with van der Waals surface area (Å²) in [6.45, 7) is 5.26. The van der Waals surface area contributed by atoms with Crippen LogP contribution >= 0.6 is 0 Å². The summed E-state index contributed by atoms with van der Waals surface area (Å²) >= 11 is 0. The van der Waals surface area contributed by atoms with E-state index >= 15 is 0 Å². The number of nitrogens with zero attached hydrogens (tertiary/aromatic N) is 5. The second-order valence-electron chi connectivity index (χ2n) is 7.88. The number of aromatic nitrogens is 4. The van der Waals surface area contributed by atoms with Crippen LogP contribution in [0.1, 0.15) is 49.5 Å². The summed E-state index contributed by atoms with van der Waals surface area (Å²) in [5, 5.41) is 7.62. The maximum Gasteiger partial charge on any atom is 0.267 e. The molecule has 1 amide bonds. The summed E-state index contributed by atoms with van der Waals surface area (Å²) < 4.78 is 1.51. The highest BCUT2D eigenvalue weighted by molar-refractivity contribution is 5.97. The first-order valence-electron chi connectivity index (χ1n) is 10.4. The van der Waals surface area contributed by atoms with Crippen molar-refractivity contribution in [3.8, 4) is 0 Å². The first kappa shape index (κ1) is 20.0. The van der Waals surface area contributed by atoms with E-state index in [1.807, 2.05) is 19.9 Å². The van der Waals surface area contributed by atoms with E-state index in [9.17, 15) is 9.59 Å². The van der Waals surface area contributed by atoms with Crippen LogP contribution < -0.4 is 15.8 Å². The fourth-order valence-electron chi connectivity index (χ4n) is 3.87. The third kappa shape index (κ3) is 4.17. The maximum absolute atomic E-state index is 12.7. The zero-order valence-corrected chi connectivity index (χ0v) is 17.3. The molecule has 2 aromatic heterocycles. The smallest absolute Gasteiger partial charge is 0.267 e. The van der Waals surface area contributed by atoms with Gasteiger partial charge in [-0.3, -0.25) is 19.6 Å². The van der Waals surface area contributed by atoms with Gasteiger partial charge in [-0.2, -0.15) is 5.10 Å². The lowest BCUT2D eigenvalue weighted by Gasteiger charge is -2.37. The lowest BCUT2D eigenvalue weighted by atomic mass is 10.0. The number of anilines is 1. The van der Waals surface area contributed by atoms with Crippen LogP contribution in [0.2, 0.25) is 0 Å². The summed E-state index contributed by atoms with van der Waals surface area (Å²) in [4.78, 5) is 35.5. The van der Waals surface area contributed by atoms with Gasteiger partial charge in [-0.25, -0.2) is 4.68 Å². The lowest BCUT2D eigenvalue weighted by Crippen LogP contribution is -2.47. The van der Waals surface area contributed by atoms with E-state index in [2.05, 4.69) is 25.3 Å². The number of carbonyl (C=O) groups excluding carboxylic acids is 1. The van der Waals surface area contributed by atoms with Crippen LogP contribution in [-0.4, -0.2) is 44.8 Å². The molecule has 1 saturated heterocycles. The van der Waals surface area contributed by atoms with Gasteiger partial charge in [0.25, 0.3) is 11.5 Å². The molecule has 1 unspecified atom stereocenters. The topological polar surface area (TPSA) is 93.0 Å². The molecule has 4 rings (SSSR count). The molecule has 0 bridgehead atoms. The molecule has 0 aliphatic carbocycles. The van der Waals surface area contributed by atoms with E-state index in [0.29, 0.717) is 17.6 Å². The summed E-state index contributed by atoms with van der Waals surface area (Å²) in [7, 11) is 0. The number of piperidine rings is 1. The predicted molar refractivity (Wildman–Crippen MR) is 116 cm³/mol. The summed E-state index contributed by atoms with van der Waals surface area (Å²) in [6, 6.07) is 8.82. The largest absolute Gasteiger partial charge is 0.350 e. The Morgan fingerprint density at radius 1 is 1.13 bits per heavy atom. The van der Waals surface area contributed by atoms with Crippen LogP contribution in [0.25, 0.3) is 11.0 Å². The van der Waals surface area contributed by atoms with E-state index in [-0.39, 0.29) is 23.6 Å². The Balaban J connectivity index is 1.49. The molecular weight excluding hydrogens is 380 g/mol. The quantitative estimate of drug-likeness (QED) is 0.700. The molecule has 1 aliphatic heterocycles. The highest BCUT2D eigenvalue weighted by Crippen LogP contribution is 2.22. The van der Waals surface area contributed by atoms with Crippen molar-refractivity contribution in [1.29, 1.82) is 0 Å². The van der Waals surface area contributed by atoms with Gasteiger partial charge in [0.2, 0.25) is 0 Å². The standard InChI is InChI=1S/C22H26N6O2/c1-15(2)28-21(29)9-8-20(26-28)27-12-4-3-5-17(27)14-25-22(30)16-6-7-18-19(13-16)24-11-10-23-18/h6-11,13,15,17H,3-5,12,14H2,1-2H3,(H,25,30). The zero-order valence-electron chi connectivity index (χ0n) is 17.3. The number of nitrogens with one attached hydrogen (secondary N) is 1. The van der Waals surface area contributed by atoms with Gasteiger partial charge in [-0.05, 0) is 57.4 Å². The fraction of sp³-hybridized carbons (Fsp3) is 0.409. The van der Waals surface area contributed by atoms with Crippen LogP contribution in [-0.2, 0) is 0 Å². The van der Waals surface area contributed by atoms with Crippen LogP contribution in [0.4, 0.5) is 5.82 Å². The molecular formula is C22H26N6O2. The third-order valence-electron chi connectivity index (χ3n) is 5.45. The van der Waals surface area contributed by atoms with Crippen molar-refractivity contribution in [2.45, 2.75) is 45.2 Å². The number of fused-ring (bicyclic) bond motifs is 1. The number of hydrogen-bond acceptors (Lipinski definition) is 6. The molecule has 8 heteroatoms. The van der Waals surface area contributed by atoms with Crippen molar-refractivity contribution in [2.24, 2.45) is 0 Å². The molecule has 0 radical (unpaired) electrons. The normalized spacial score (nSPS) is 16.8. The van der Waals surface area contributed by atoms with Crippen molar-refractivity contribution in [1.82, 2.24) is 25.1 Å². The van der Waals surface area contributed by atoms with Gasteiger partial charge in [0, 0.05) is 43.2 Å². The van der Waals surface area contributed by atoms with Crippen LogP contribution in [0.3, 0.4) is 0 Å². The molecule has 1 fully saturated rings. The van der Waals surface area contributed by atoms with Gasteiger partial charge in [-0.15, -0.1) is 0 Å². The highest BCUT2D eigenvalue weighted by atomic mass is 16.1. The molecule has 3 heterocycles. The first-order valence-corrected chi connectivity index (χ1v) is 10.4. The summed E-state index contributed by atoms with van der Waals surface area (Å²) in [6.07, 6.45) is 6.39. The number of carbonyl (C=O) groups is 1. The van der Waals surface area contributed by atoms with Crippen LogP contribution in [0.5, 0.6) is 0 Å². The molecule has 8 nitrogen and oxygen atoms in total. The van der Waals surface area contributed by atoms with E-state index in [4.69, 9.17) is 0 Å². The number of benzene rings is 1. The Kier molecular flexibility index (Phi) is 5.74. The van der Waals surface area contributed by atoms with Gasteiger partial charge in [0.05, 0.1) is 17.1 Å². The maximum atomic E-state index is 12.7. The second kappa shape index (κ2) is 8.61. The van der Waals surface area contributed by atoms with E-state index < -0.39 is 0 Å². The average molecular weight is 406 g/mol. The average Bonchev–Trinajstić information content (AvgIpc) is 2.77. The molecule has 0 saturated carbocycles. The van der Waals surface area contributed by atoms with Gasteiger partial charge < -0.3 is 10.2 Å². The summed E-state index contributed by atoms with van der Waals surface area (Å²) in [5.41, 5.74) is 1.93. The van der Waals surface area contributed by atoms with Crippen molar-refractivity contribution >= 4 is 22.8 Å². The minimum Gasteiger partial charge on any atom is -0.350 e. The van der Waals surface area contributed by atoms with Gasteiger partial charge in [0.1, 0.15) is 5.82 Å². The zero-order chi connectivity index (χ0) is 21.1. The monoisotopic (exact) mass is 406 g/mol. The minimum absolute atomic E-state index is 0.00334. The van der Waals surface area contributed by atoms with E-state index in [1.165, 1.54) is 4.68 Å². The Bertz CT molecular complexity index is 1110. The lowest BCUT2D eigenvalue weighted by molar-refractivity contribution is 0.0949. The van der Waals surface area contributed by atoms with E-state index in [1.54, 1.807) is 36.7 Å². The minimum atomic E-state index is -0.131. The van der Waals surface area contributed by atoms with Crippen LogP contribution in [0, 0.1) is 0 Å². The molecule has 1 aromatic carbocycles. The van der Waals surface area contributed by atoms with Crippen LogP contribution in [0.15, 0.2) is 47.5 Å². The molecule has 1 aliphatic rings. The highest BCUT2D eigenvalue weighted by Gasteiger charge is 2.25. The van der Waals surface area contributed by atoms with Crippen molar-refractivity contribution < 1.29 is 4.79 Å². The van der Waals surface area contributed by atoms with Gasteiger partial charge in [-0.1, -0.05) is 0 Å². The summed E-state index contributed by atoms with van der Waals surface area (Å²) in [5.74, 6) is 0.649. The van der Waals surface area contributed by atoms with Gasteiger partial charge >= 0.3 is 0 Å². The number of hydrogen-bond donors (Lipinski definition) is 1. The Morgan fingerprint density at radius 2 is 1.93 bits per heavy atom. The van der Waals surface area contributed by atoms with E-state index in [0.717, 1.165) is 37.1 Å². The molecule has 0 spiro atoms. The molecule has 156 valence electrons. The van der Waals surface area contributed by atoms with Crippen molar-refractivity contribution in [3.63, 3.8) is 0 Å². The third-order valence-corrected chi connectivity index (χ3v) is 5.45. The second-order valence-corrected chi connectivity index (χ2v) is 7.88.